The van der Waals surface area contributed by atoms with Gasteiger partial charge in [0.25, 0.3) is 11.8 Å². The summed E-state index contributed by atoms with van der Waals surface area (Å²) in [7, 11) is 1.33. The van der Waals surface area contributed by atoms with Gasteiger partial charge in [0.05, 0.1) is 12.7 Å². The molecule has 0 aromatic heterocycles. The Balaban J connectivity index is 2.43. The lowest BCUT2D eigenvalue weighted by Crippen LogP contribution is -2.30. The minimum absolute atomic E-state index is 0.0284. The first-order valence-corrected chi connectivity index (χ1v) is 8.76. The van der Waals surface area contributed by atoms with E-state index < -0.39 is 30.1 Å². The summed E-state index contributed by atoms with van der Waals surface area (Å²) in [6.45, 7) is 6.89. The predicted molar refractivity (Wildman–Crippen MR) is 106 cm³/mol. The number of ether oxygens (including phenoxy) is 2. The van der Waals surface area contributed by atoms with E-state index in [1.165, 1.54) is 19.3 Å². The molecule has 0 aliphatic carbocycles. The fourth-order valence-corrected chi connectivity index (χ4v) is 2.11. The maximum atomic E-state index is 13.2. The van der Waals surface area contributed by atoms with Crippen LogP contribution in [0, 0.1) is 5.82 Å². The standard InChI is InChI=1S/C20H21ClF2N2O4/c1-4-16(9-15(23)11-21)29-12-19(26)25-13(2)7-8-24-20(27)17-6-5-14(22)10-18(17)28-3/h4-6,9-11H,1-2,7-8,12H2,3H3,(H,24,27)(H,25,26)/b15-11-,16-9+. The Labute approximate surface area is 172 Å². The van der Waals surface area contributed by atoms with E-state index in [1.54, 1.807) is 0 Å². The highest BCUT2D eigenvalue weighted by Crippen LogP contribution is 2.19. The van der Waals surface area contributed by atoms with Crippen molar-refractivity contribution in [2.75, 3.05) is 20.3 Å². The average molecular weight is 427 g/mol. The minimum Gasteiger partial charge on any atom is -0.496 e. The molecule has 0 atom stereocenters. The Morgan fingerprint density at radius 1 is 1.34 bits per heavy atom. The van der Waals surface area contributed by atoms with E-state index in [-0.39, 0.29) is 30.0 Å². The molecule has 6 nitrogen and oxygen atoms in total. The van der Waals surface area contributed by atoms with Crippen LogP contribution in [0.5, 0.6) is 5.75 Å². The molecule has 0 heterocycles. The number of allylic oxidation sites excluding steroid dienone is 3. The van der Waals surface area contributed by atoms with Gasteiger partial charge in [-0.2, -0.15) is 0 Å². The summed E-state index contributed by atoms with van der Waals surface area (Å²) in [5.41, 5.74) is 1.23. The van der Waals surface area contributed by atoms with E-state index in [0.717, 1.165) is 18.2 Å². The largest absolute Gasteiger partial charge is 0.496 e. The van der Waals surface area contributed by atoms with Gasteiger partial charge in [-0.05, 0) is 18.2 Å². The fraction of sp³-hybridized carbons (Fsp3) is 0.200. The topological polar surface area (TPSA) is 76.7 Å². The number of benzene rings is 1. The first kappa shape index (κ1) is 23.9. The first-order valence-electron chi connectivity index (χ1n) is 8.32. The third-order valence-electron chi connectivity index (χ3n) is 3.39. The number of carbonyl (C=O) groups excluding carboxylic acids is 2. The molecule has 0 bridgehead atoms. The van der Waals surface area contributed by atoms with Crippen LogP contribution in [0.25, 0.3) is 0 Å². The highest BCUT2D eigenvalue weighted by Gasteiger charge is 2.13. The van der Waals surface area contributed by atoms with Gasteiger partial charge in [0.15, 0.2) is 6.61 Å². The van der Waals surface area contributed by atoms with Crippen LogP contribution in [0.3, 0.4) is 0 Å². The Morgan fingerprint density at radius 2 is 2.07 bits per heavy atom. The SMILES string of the molecule is C=C/C(=C\C(F)=C\Cl)OCC(=O)NC(=C)CCNC(=O)c1ccc(F)cc1OC. The number of amides is 2. The van der Waals surface area contributed by atoms with Gasteiger partial charge in [-0.15, -0.1) is 0 Å². The van der Waals surface area contributed by atoms with Crippen molar-refractivity contribution in [3.05, 3.63) is 77.7 Å². The highest BCUT2D eigenvalue weighted by atomic mass is 35.5. The van der Waals surface area contributed by atoms with Crippen LogP contribution in [-0.4, -0.2) is 32.1 Å². The molecule has 0 spiro atoms. The highest BCUT2D eigenvalue weighted by molar-refractivity contribution is 6.25. The van der Waals surface area contributed by atoms with Crippen LogP contribution < -0.4 is 15.4 Å². The monoisotopic (exact) mass is 426 g/mol. The van der Waals surface area contributed by atoms with Gasteiger partial charge < -0.3 is 20.1 Å². The molecule has 0 radical (unpaired) electrons. The normalized spacial score (nSPS) is 11.4. The second kappa shape index (κ2) is 12.4. The minimum atomic E-state index is -0.750. The van der Waals surface area contributed by atoms with E-state index in [1.807, 2.05) is 0 Å². The van der Waals surface area contributed by atoms with E-state index in [9.17, 15) is 18.4 Å². The predicted octanol–water partition coefficient (Wildman–Crippen LogP) is 3.72. The average Bonchev–Trinajstić information content (AvgIpc) is 2.70. The first-order chi connectivity index (χ1) is 13.8. The summed E-state index contributed by atoms with van der Waals surface area (Å²) in [5, 5.41) is 5.11. The number of rotatable bonds is 11. The lowest BCUT2D eigenvalue weighted by molar-refractivity contribution is -0.123. The van der Waals surface area contributed by atoms with E-state index in [2.05, 4.69) is 23.8 Å². The molecule has 2 amide bonds. The van der Waals surface area contributed by atoms with Crippen molar-refractivity contribution in [3.63, 3.8) is 0 Å². The third-order valence-corrected chi connectivity index (χ3v) is 3.60. The Bertz CT molecular complexity index is 838. The van der Waals surface area contributed by atoms with E-state index >= 15 is 0 Å². The van der Waals surface area contributed by atoms with Crippen LogP contribution in [0.1, 0.15) is 16.8 Å². The van der Waals surface area contributed by atoms with E-state index in [4.69, 9.17) is 21.1 Å². The molecule has 2 N–H and O–H groups in total. The summed E-state index contributed by atoms with van der Waals surface area (Å²) < 4.78 is 36.3. The van der Waals surface area contributed by atoms with Gasteiger partial charge in [0.1, 0.15) is 23.2 Å². The summed E-state index contributed by atoms with van der Waals surface area (Å²) in [6, 6.07) is 3.57. The van der Waals surface area contributed by atoms with E-state index in [0.29, 0.717) is 11.2 Å². The second-order valence-electron chi connectivity index (χ2n) is 5.54. The van der Waals surface area contributed by atoms with Crippen LogP contribution in [-0.2, 0) is 9.53 Å². The molecule has 1 aromatic rings. The van der Waals surface area contributed by atoms with Crippen molar-refractivity contribution in [1.82, 2.24) is 10.6 Å². The van der Waals surface area contributed by atoms with Crippen LogP contribution in [0.15, 0.2) is 66.3 Å². The molecule has 0 fully saturated rings. The quantitative estimate of drug-likeness (QED) is 0.417. The summed E-state index contributed by atoms with van der Waals surface area (Å²) in [5.74, 6) is -2.12. The van der Waals surface area contributed by atoms with Gasteiger partial charge in [0.2, 0.25) is 0 Å². The van der Waals surface area contributed by atoms with Crippen molar-refractivity contribution in [1.29, 1.82) is 0 Å². The molecule has 9 heteroatoms. The number of methoxy groups -OCH3 is 1. The van der Waals surface area contributed by atoms with Crippen molar-refractivity contribution >= 4 is 23.4 Å². The van der Waals surface area contributed by atoms with Gasteiger partial charge >= 0.3 is 0 Å². The molecule has 0 aliphatic rings. The second-order valence-corrected chi connectivity index (χ2v) is 5.75. The lowest BCUT2D eigenvalue weighted by atomic mass is 10.2. The molecule has 0 saturated carbocycles. The van der Waals surface area contributed by atoms with Crippen molar-refractivity contribution in [3.8, 4) is 5.75 Å². The van der Waals surface area contributed by atoms with Crippen molar-refractivity contribution < 1.29 is 27.8 Å². The molecule has 1 rings (SSSR count). The zero-order valence-electron chi connectivity index (χ0n) is 15.8. The maximum Gasteiger partial charge on any atom is 0.262 e. The number of carbonyl (C=O) groups is 2. The summed E-state index contributed by atoms with van der Waals surface area (Å²) in [6.07, 6.45) is 2.44. The van der Waals surface area contributed by atoms with Gasteiger partial charge in [-0.1, -0.05) is 24.8 Å². The van der Waals surface area contributed by atoms with Crippen LogP contribution in [0.2, 0.25) is 0 Å². The number of halogens is 3. The molecule has 0 unspecified atom stereocenters. The van der Waals surface area contributed by atoms with Gasteiger partial charge in [-0.3, -0.25) is 9.59 Å². The number of hydrogen-bond acceptors (Lipinski definition) is 4. The Morgan fingerprint density at radius 3 is 2.69 bits per heavy atom. The third kappa shape index (κ3) is 8.61. The zero-order chi connectivity index (χ0) is 21.8. The number of nitrogens with one attached hydrogen (secondary N) is 2. The molecule has 0 aliphatic heterocycles. The summed E-state index contributed by atoms with van der Waals surface area (Å²) >= 11 is 5.20. The molecular weight excluding hydrogens is 406 g/mol. The lowest BCUT2D eigenvalue weighted by Gasteiger charge is -2.12. The zero-order valence-corrected chi connectivity index (χ0v) is 16.5. The van der Waals surface area contributed by atoms with Gasteiger partial charge in [-0.25, -0.2) is 8.78 Å². The Hall–Kier alpha value is -3.13. The maximum absolute atomic E-state index is 13.2. The molecule has 0 saturated heterocycles. The summed E-state index contributed by atoms with van der Waals surface area (Å²) in [4.78, 5) is 24.0. The smallest absolute Gasteiger partial charge is 0.262 e. The molecule has 29 heavy (non-hydrogen) atoms. The van der Waals surface area contributed by atoms with Crippen molar-refractivity contribution in [2.45, 2.75) is 6.42 Å². The van der Waals surface area contributed by atoms with Crippen molar-refractivity contribution in [2.24, 2.45) is 0 Å². The fourth-order valence-electron chi connectivity index (χ4n) is 2.05. The molecule has 1 aromatic carbocycles. The van der Waals surface area contributed by atoms with Crippen LogP contribution >= 0.6 is 11.6 Å². The molecule has 156 valence electrons. The van der Waals surface area contributed by atoms with Gasteiger partial charge in [0, 0.05) is 36.3 Å². The number of hydrogen-bond donors (Lipinski definition) is 2. The van der Waals surface area contributed by atoms with Crippen LogP contribution in [0.4, 0.5) is 8.78 Å². The Kier molecular flexibility index (Phi) is 10.2. The molecular formula is C20H21ClF2N2O4.